The van der Waals surface area contributed by atoms with E-state index in [1.165, 1.54) is 0 Å². The quantitative estimate of drug-likeness (QED) is 0.0940. The lowest BCUT2D eigenvalue weighted by Crippen LogP contribution is -2.68. The molecule has 4 saturated carbocycles. The van der Waals surface area contributed by atoms with Crippen molar-refractivity contribution < 1.29 is 74.8 Å². The van der Waals surface area contributed by atoms with Gasteiger partial charge in [0.15, 0.2) is 6.29 Å². The summed E-state index contributed by atoms with van der Waals surface area (Å²) < 4.78 is 23.7. The van der Waals surface area contributed by atoms with Crippen LogP contribution in [0.2, 0.25) is 0 Å². The van der Waals surface area contributed by atoms with Gasteiger partial charge in [0, 0.05) is 11.3 Å². The summed E-state index contributed by atoms with van der Waals surface area (Å²) in [5, 5.41) is 106. The van der Waals surface area contributed by atoms with Gasteiger partial charge in [0.05, 0.1) is 37.4 Å². The highest BCUT2D eigenvalue weighted by molar-refractivity contribution is 5.79. The molecule has 6 fully saturated rings. The number of carbonyl (C=O) groups excluding carboxylic acids is 1. The molecule has 7 aliphatic rings. The summed E-state index contributed by atoms with van der Waals surface area (Å²) >= 11 is 0. The minimum absolute atomic E-state index is 0.00865. The van der Waals surface area contributed by atoms with E-state index in [1.807, 2.05) is 20.8 Å². The van der Waals surface area contributed by atoms with Crippen molar-refractivity contribution in [3.05, 3.63) is 11.6 Å². The van der Waals surface area contributed by atoms with Gasteiger partial charge in [-0.25, -0.2) is 0 Å². The first-order chi connectivity index (χ1) is 26.6. The zero-order valence-corrected chi connectivity index (χ0v) is 34.2. The first kappa shape index (κ1) is 43.8. The van der Waals surface area contributed by atoms with E-state index in [0.29, 0.717) is 38.5 Å². The number of ether oxygens (including phenoxy) is 4. The lowest BCUT2D eigenvalue weighted by Gasteiger charge is -2.71. The topological polar surface area (TPSA) is 256 Å². The van der Waals surface area contributed by atoms with E-state index in [1.54, 1.807) is 0 Å². The largest absolute Gasteiger partial charge is 0.432 e. The van der Waals surface area contributed by atoms with E-state index in [2.05, 4.69) is 26.8 Å². The van der Waals surface area contributed by atoms with E-state index in [9.17, 15) is 55.9 Å². The van der Waals surface area contributed by atoms with E-state index in [4.69, 9.17) is 18.9 Å². The number of hydrogen-bond acceptors (Lipinski definition) is 15. The number of aliphatic hydroxyl groups is 10. The maximum Gasteiger partial charge on any atom is 0.315 e. The molecule has 5 aliphatic carbocycles. The molecule has 0 radical (unpaired) electrons. The Hall–Kier alpha value is -1.31. The van der Waals surface area contributed by atoms with E-state index >= 15 is 0 Å². The molecular weight excluding hydrogens is 744 g/mol. The maximum absolute atomic E-state index is 14.6. The van der Waals surface area contributed by atoms with Crippen LogP contribution in [0.4, 0.5) is 0 Å². The normalized spacial score (nSPS) is 54.7. The Morgan fingerprint density at radius 3 is 1.88 bits per heavy atom. The van der Waals surface area contributed by atoms with Gasteiger partial charge in [0.25, 0.3) is 0 Å². The average Bonchev–Trinajstić information content (AvgIpc) is 3.17. The Balaban J connectivity index is 1.19. The highest BCUT2D eigenvalue weighted by Gasteiger charge is 2.71. The predicted octanol–water partition coefficient (Wildman–Crippen LogP) is 0.260. The van der Waals surface area contributed by atoms with Crippen LogP contribution in [0.1, 0.15) is 99.3 Å². The minimum Gasteiger partial charge on any atom is -0.432 e. The molecule has 15 heteroatoms. The molecule has 2 aliphatic heterocycles. The standard InChI is InChI=1S/C42H68O15/c1-37(2)13-15-42(36(53)57-35-32(51)30(49)28(47)22(18-44)55-35)16-14-40(5)20(26(42)33(37)52)7-8-24-38(3)11-10-25(39(4,19-45)23(38)9-12-41(24,40)6)56-34-31(50)29(48)27(46)21(17-43)54-34/h7,21-35,43-52H,8-19H2,1-6H3. The molecule has 0 spiro atoms. The summed E-state index contributed by atoms with van der Waals surface area (Å²) in [4.78, 5) is 14.6. The molecule has 20 unspecified atom stereocenters. The molecule has 0 aromatic carbocycles. The van der Waals surface area contributed by atoms with Crippen LogP contribution >= 0.6 is 0 Å². The number of hydrogen-bond donors (Lipinski definition) is 10. The minimum atomic E-state index is -1.74. The number of carbonyl (C=O) groups is 1. The van der Waals surface area contributed by atoms with Crippen molar-refractivity contribution >= 4 is 5.97 Å². The summed E-state index contributed by atoms with van der Waals surface area (Å²) in [6.07, 6.45) is -8.69. The zero-order valence-electron chi connectivity index (χ0n) is 34.2. The molecule has 15 nitrogen and oxygen atoms in total. The van der Waals surface area contributed by atoms with Crippen LogP contribution in [-0.4, -0.2) is 150 Å². The first-order valence-corrected chi connectivity index (χ1v) is 21.1. The van der Waals surface area contributed by atoms with Gasteiger partial charge >= 0.3 is 5.97 Å². The summed E-state index contributed by atoms with van der Waals surface area (Å²) in [5.41, 5.74) is -2.40. The maximum atomic E-state index is 14.6. The van der Waals surface area contributed by atoms with Crippen LogP contribution in [0.3, 0.4) is 0 Å². The first-order valence-electron chi connectivity index (χ1n) is 21.1. The van der Waals surface area contributed by atoms with Crippen LogP contribution < -0.4 is 0 Å². The molecule has 326 valence electrons. The van der Waals surface area contributed by atoms with Crippen molar-refractivity contribution in [3.63, 3.8) is 0 Å². The molecule has 0 bridgehead atoms. The fourth-order valence-corrected chi connectivity index (χ4v) is 13.6. The van der Waals surface area contributed by atoms with E-state index in [-0.39, 0.29) is 29.3 Å². The van der Waals surface area contributed by atoms with Gasteiger partial charge in [-0.2, -0.15) is 0 Å². The monoisotopic (exact) mass is 812 g/mol. The fraction of sp³-hybridized carbons (Fsp3) is 0.929. The molecule has 0 amide bonds. The lowest BCUT2D eigenvalue weighted by molar-refractivity contribution is -0.333. The van der Waals surface area contributed by atoms with Crippen molar-refractivity contribution in [2.24, 2.45) is 50.2 Å². The second-order valence-electron chi connectivity index (χ2n) is 20.5. The van der Waals surface area contributed by atoms with Gasteiger partial charge in [-0.05, 0) is 91.3 Å². The highest BCUT2D eigenvalue weighted by Crippen LogP contribution is 2.76. The summed E-state index contributed by atoms with van der Waals surface area (Å²) in [7, 11) is 0. The second-order valence-corrected chi connectivity index (χ2v) is 20.5. The Morgan fingerprint density at radius 1 is 0.702 bits per heavy atom. The SMILES string of the molecule is CC1(C)CCC2(C(=O)OC3OC(CO)C(O)C(O)C3O)CCC3(C)C(=CCC4C5(C)CCC(OC6OC(CO)C(O)C(O)C6O)C(C)(CO)C5CCC43C)C2C1O. The van der Waals surface area contributed by atoms with Crippen LogP contribution in [0, 0.1) is 50.2 Å². The second kappa shape index (κ2) is 14.9. The molecular formula is C42H68O15. The van der Waals surface area contributed by atoms with E-state index in [0.717, 1.165) is 24.8 Å². The third kappa shape index (κ3) is 6.26. The lowest BCUT2D eigenvalue weighted by atomic mass is 9.33. The fourth-order valence-electron chi connectivity index (χ4n) is 13.6. The average molecular weight is 813 g/mol. The van der Waals surface area contributed by atoms with E-state index < -0.39 is 120 Å². The zero-order chi connectivity index (χ0) is 41.8. The number of fused-ring (bicyclic) bond motifs is 7. The summed E-state index contributed by atoms with van der Waals surface area (Å²) in [5.74, 6) is -1.11. The van der Waals surface area contributed by atoms with Gasteiger partial charge < -0.3 is 70.0 Å². The number of allylic oxidation sites excluding steroid dienone is 1. The molecule has 57 heavy (non-hydrogen) atoms. The smallest absolute Gasteiger partial charge is 0.315 e. The van der Waals surface area contributed by atoms with Crippen molar-refractivity contribution in [2.45, 2.75) is 173 Å². The van der Waals surface area contributed by atoms with Gasteiger partial charge in [-0.3, -0.25) is 4.79 Å². The van der Waals surface area contributed by atoms with Crippen LogP contribution in [0.25, 0.3) is 0 Å². The van der Waals surface area contributed by atoms with Crippen molar-refractivity contribution in [1.29, 1.82) is 0 Å². The third-order valence-corrected chi connectivity index (χ3v) is 17.6. The van der Waals surface area contributed by atoms with Gasteiger partial charge in [-0.1, -0.05) is 53.2 Å². The summed E-state index contributed by atoms with van der Waals surface area (Å²) in [6.45, 7) is 11.5. The molecule has 0 aromatic rings. The Bertz CT molecular complexity index is 1540. The Labute approximate surface area is 335 Å². The third-order valence-electron chi connectivity index (χ3n) is 17.6. The highest BCUT2D eigenvalue weighted by atomic mass is 16.7. The number of aliphatic hydroxyl groups excluding tert-OH is 10. The molecule has 7 rings (SSSR count). The number of rotatable bonds is 7. The van der Waals surface area contributed by atoms with Crippen LogP contribution in [-0.2, 0) is 23.7 Å². The Kier molecular flexibility index (Phi) is 11.5. The van der Waals surface area contributed by atoms with Crippen LogP contribution in [0.15, 0.2) is 11.6 Å². The van der Waals surface area contributed by atoms with Crippen molar-refractivity contribution in [2.75, 3.05) is 19.8 Å². The molecule has 10 N–H and O–H groups in total. The predicted molar refractivity (Wildman–Crippen MR) is 200 cm³/mol. The van der Waals surface area contributed by atoms with Crippen molar-refractivity contribution in [1.82, 2.24) is 0 Å². The molecule has 20 atom stereocenters. The van der Waals surface area contributed by atoms with Gasteiger partial charge in [-0.15, -0.1) is 0 Å². The molecule has 2 heterocycles. The number of esters is 1. The van der Waals surface area contributed by atoms with Gasteiger partial charge in [0.1, 0.15) is 48.8 Å². The summed E-state index contributed by atoms with van der Waals surface area (Å²) in [6, 6.07) is 0. The Morgan fingerprint density at radius 2 is 1.28 bits per heavy atom. The van der Waals surface area contributed by atoms with Crippen LogP contribution in [0.5, 0.6) is 0 Å². The molecule has 0 aromatic heterocycles. The van der Waals surface area contributed by atoms with Gasteiger partial charge in [0.2, 0.25) is 6.29 Å². The molecule has 2 saturated heterocycles. The van der Waals surface area contributed by atoms with Crippen molar-refractivity contribution in [3.8, 4) is 0 Å².